The van der Waals surface area contributed by atoms with Crippen molar-refractivity contribution in [1.29, 1.82) is 0 Å². The minimum absolute atomic E-state index is 0.121. The Kier molecular flexibility index (Phi) is 14.1. The molecule has 0 saturated heterocycles. The Bertz CT molecular complexity index is 1150. The molecule has 2 rings (SSSR count). The van der Waals surface area contributed by atoms with Crippen LogP contribution in [0.3, 0.4) is 0 Å². The molecule has 0 radical (unpaired) electrons. The monoisotopic (exact) mass is 602 g/mol. The van der Waals surface area contributed by atoms with Crippen LogP contribution in [0.4, 0.5) is 0 Å². The maximum atomic E-state index is 13.0. The lowest BCUT2D eigenvalue weighted by molar-refractivity contribution is -0.141. The number of aliphatic imine (C=N–C) groups is 1. The first-order chi connectivity index (χ1) is 20.4. The van der Waals surface area contributed by atoms with E-state index in [4.69, 9.17) is 17.2 Å². The zero-order chi connectivity index (χ0) is 31.8. The Morgan fingerprint density at radius 2 is 1.63 bits per heavy atom. The summed E-state index contributed by atoms with van der Waals surface area (Å²) in [7, 11) is 0. The number of hydrogen-bond acceptors (Lipinski definition) is 8. The molecule has 0 aromatic heterocycles. The normalized spacial score (nSPS) is 15.9. The van der Waals surface area contributed by atoms with Crippen LogP contribution >= 0.6 is 0 Å². The Balaban J connectivity index is 2.00. The molecule has 0 unspecified atom stereocenters. The maximum absolute atomic E-state index is 13.0. The van der Waals surface area contributed by atoms with Gasteiger partial charge in [0.05, 0.1) is 24.5 Å². The van der Waals surface area contributed by atoms with E-state index in [2.05, 4.69) is 26.3 Å². The lowest BCUT2D eigenvalue weighted by Gasteiger charge is -2.33. The molecule has 0 bridgehead atoms. The molecular formula is C28H42N8O7. The van der Waals surface area contributed by atoms with Gasteiger partial charge in [-0.2, -0.15) is 0 Å². The minimum Gasteiger partial charge on any atom is -0.481 e. The van der Waals surface area contributed by atoms with Crippen molar-refractivity contribution >= 4 is 41.8 Å². The van der Waals surface area contributed by atoms with E-state index >= 15 is 0 Å². The molecule has 15 heteroatoms. The van der Waals surface area contributed by atoms with E-state index in [-0.39, 0.29) is 25.3 Å². The number of nitrogens with zero attached hydrogens (tertiary/aromatic N) is 1. The third-order valence-corrected chi connectivity index (χ3v) is 7.01. The number of nitrogens with one attached hydrogen (secondary N) is 4. The first-order valence-electron chi connectivity index (χ1n) is 14.2. The van der Waals surface area contributed by atoms with E-state index in [1.165, 1.54) is 0 Å². The van der Waals surface area contributed by atoms with Gasteiger partial charge in [-0.1, -0.05) is 49.6 Å². The fraction of sp³-hybridized carbons (Fsp3) is 0.536. The minimum atomic E-state index is -1.52. The highest BCUT2D eigenvalue weighted by Crippen LogP contribution is 2.26. The number of benzene rings is 1. The van der Waals surface area contributed by atoms with E-state index in [0.29, 0.717) is 25.5 Å². The van der Waals surface area contributed by atoms with E-state index in [1.54, 1.807) is 30.3 Å². The second-order valence-electron chi connectivity index (χ2n) is 10.6. The van der Waals surface area contributed by atoms with E-state index in [1.807, 2.05) is 0 Å². The molecule has 236 valence electrons. The third-order valence-electron chi connectivity index (χ3n) is 7.01. The van der Waals surface area contributed by atoms with Crippen LogP contribution in [-0.4, -0.2) is 83.7 Å². The summed E-state index contributed by atoms with van der Waals surface area (Å²) >= 11 is 0. The Hall–Kier alpha value is -4.53. The zero-order valence-electron chi connectivity index (χ0n) is 24.1. The van der Waals surface area contributed by atoms with Crippen molar-refractivity contribution in [1.82, 2.24) is 21.3 Å². The van der Waals surface area contributed by atoms with Gasteiger partial charge in [0.2, 0.25) is 23.6 Å². The molecule has 43 heavy (non-hydrogen) atoms. The second-order valence-corrected chi connectivity index (χ2v) is 10.6. The smallest absolute Gasteiger partial charge is 0.305 e. The van der Waals surface area contributed by atoms with Gasteiger partial charge in [0, 0.05) is 6.54 Å². The van der Waals surface area contributed by atoms with Crippen LogP contribution < -0.4 is 38.5 Å². The standard InChI is InChI=1S/C28H42N8O7/c29-27(30)32-13-7-10-20(36-26(43)28(31)11-5-2-6-12-28)24(41)33-16-22(38)35-21(15-23(39)40)25(42)34-19(17-37)14-18-8-3-1-4-9-18/h1,3-4,8-9,17,19-21H,2,5-7,10-16,31H2,(H,33,41)(H,34,42)(H,35,38)(H,36,43)(H,39,40)(H4,29,30,32)/t19-,20+,21+/m1/s1. The number of guanidine groups is 1. The molecule has 0 heterocycles. The number of amides is 4. The molecule has 0 spiro atoms. The SMILES string of the molecule is NC(N)=NCCC[C@H](NC(=O)C1(N)CCCCC1)C(=O)NCC(=O)N[C@@H](CC(=O)O)C(=O)N[C@@H](C=O)Cc1ccccc1. The summed E-state index contributed by atoms with van der Waals surface area (Å²) in [5.41, 5.74) is 16.7. The molecule has 1 aliphatic carbocycles. The summed E-state index contributed by atoms with van der Waals surface area (Å²) < 4.78 is 0. The molecule has 1 aromatic rings. The molecule has 1 fully saturated rings. The van der Waals surface area contributed by atoms with Crippen LogP contribution in [0.15, 0.2) is 35.3 Å². The summed E-state index contributed by atoms with van der Waals surface area (Å²) in [6.45, 7) is -0.411. The van der Waals surface area contributed by atoms with Crippen molar-refractivity contribution in [2.24, 2.45) is 22.2 Å². The van der Waals surface area contributed by atoms with Crippen LogP contribution in [0.2, 0.25) is 0 Å². The van der Waals surface area contributed by atoms with Crippen LogP contribution in [0.25, 0.3) is 0 Å². The number of carboxylic acid groups (broad SMARTS) is 1. The third kappa shape index (κ3) is 12.5. The number of hydrogen-bond donors (Lipinski definition) is 8. The number of rotatable bonds is 17. The van der Waals surface area contributed by atoms with Gasteiger partial charge in [-0.3, -0.25) is 29.0 Å². The predicted molar refractivity (Wildman–Crippen MR) is 157 cm³/mol. The largest absolute Gasteiger partial charge is 0.481 e. The van der Waals surface area contributed by atoms with Gasteiger partial charge in [-0.15, -0.1) is 0 Å². The number of aliphatic carboxylic acids is 1. The highest BCUT2D eigenvalue weighted by Gasteiger charge is 2.37. The number of carbonyl (C=O) groups is 6. The molecule has 3 atom stereocenters. The lowest BCUT2D eigenvalue weighted by Crippen LogP contribution is -2.60. The number of nitrogens with two attached hydrogens (primary N) is 3. The van der Waals surface area contributed by atoms with Crippen molar-refractivity contribution in [2.75, 3.05) is 13.1 Å². The Labute approximate surface area is 249 Å². The summed E-state index contributed by atoms with van der Waals surface area (Å²) in [5, 5.41) is 19.1. The van der Waals surface area contributed by atoms with E-state index in [0.717, 1.165) is 24.8 Å². The van der Waals surface area contributed by atoms with Crippen LogP contribution in [-0.2, 0) is 35.2 Å². The lowest BCUT2D eigenvalue weighted by atomic mass is 9.81. The predicted octanol–water partition coefficient (Wildman–Crippen LogP) is -1.81. The number of aldehydes is 1. The molecule has 15 nitrogen and oxygen atoms in total. The molecule has 11 N–H and O–H groups in total. The van der Waals surface area contributed by atoms with Gasteiger partial charge in [-0.25, -0.2) is 0 Å². The highest BCUT2D eigenvalue weighted by molar-refractivity contribution is 5.95. The molecular weight excluding hydrogens is 560 g/mol. The summed E-state index contributed by atoms with van der Waals surface area (Å²) in [6.07, 6.45) is 3.91. The fourth-order valence-electron chi connectivity index (χ4n) is 4.69. The van der Waals surface area contributed by atoms with Gasteiger partial charge in [-0.05, 0) is 37.7 Å². The molecule has 4 amide bonds. The summed E-state index contributed by atoms with van der Waals surface area (Å²) in [6, 6.07) is 5.34. The van der Waals surface area contributed by atoms with Crippen molar-refractivity contribution < 1.29 is 33.9 Å². The van der Waals surface area contributed by atoms with Gasteiger partial charge in [0.25, 0.3) is 0 Å². The fourth-order valence-corrected chi connectivity index (χ4v) is 4.69. The van der Waals surface area contributed by atoms with Crippen molar-refractivity contribution in [3.63, 3.8) is 0 Å². The highest BCUT2D eigenvalue weighted by atomic mass is 16.4. The van der Waals surface area contributed by atoms with Gasteiger partial charge in [0.15, 0.2) is 5.96 Å². The molecule has 1 aliphatic rings. The Morgan fingerprint density at radius 1 is 0.953 bits per heavy atom. The van der Waals surface area contributed by atoms with Crippen LogP contribution in [0.5, 0.6) is 0 Å². The van der Waals surface area contributed by atoms with Crippen molar-refractivity contribution in [3.05, 3.63) is 35.9 Å². The molecule has 1 saturated carbocycles. The topological polar surface area (TPSA) is 261 Å². The van der Waals surface area contributed by atoms with Gasteiger partial charge < -0.3 is 48.4 Å². The number of carboxylic acids is 1. The van der Waals surface area contributed by atoms with Crippen LogP contribution in [0.1, 0.15) is 56.9 Å². The van der Waals surface area contributed by atoms with Gasteiger partial charge in [0.1, 0.15) is 18.4 Å². The average Bonchev–Trinajstić information content (AvgIpc) is 2.97. The van der Waals surface area contributed by atoms with Crippen molar-refractivity contribution in [3.8, 4) is 0 Å². The zero-order valence-corrected chi connectivity index (χ0v) is 24.1. The Morgan fingerprint density at radius 3 is 2.23 bits per heavy atom. The summed E-state index contributed by atoms with van der Waals surface area (Å²) in [5.74, 6) is -4.37. The second kappa shape index (κ2) is 17.4. The first-order valence-corrected chi connectivity index (χ1v) is 14.2. The maximum Gasteiger partial charge on any atom is 0.305 e. The van der Waals surface area contributed by atoms with E-state index < -0.39 is 66.2 Å². The molecule has 0 aliphatic heterocycles. The van der Waals surface area contributed by atoms with Crippen LogP contribution in [0, 0.1) is 0 Å². The van der Waals surface area contributed by atoms with E-state index in [9.17, 15) is 33.9 Å². The molecule has 1 aromatic carbocycles. The number of carbonyl (C=O) groups excluding carboxylic acids is 5. The first kappa shape index (κ1) is 34.7. The summed E-state index contributed by atoms with van der Waals surface area (Å²) in [4.78, 5) is 78.2. The van der Waals surface area contributed by atoms with Gasteiger partial charge >= 0.3 is 5.97 Å². The average molecular weight is 603 g/mol. The van der Waals surface area contributed by atoms with Crippen molar-refractivity contribution in [2.45, 2.75) is 81.5 Å². The quantitative estimate of drug-likeness (QED) is 0.0429.